The van der Waals surface area contributed by atoms with E-state index in [1.54, 1.807) is 6.20 Å². The highest BCUT2D eigenvalue weighted by Gasteiger charge is 2.26. The van der Waals surface area contributed by atoms with Gasteiger partial charge in [0.15, 0.2) is 5.84 Å². The summed E-state index contributed by atoms with van der Waals surface area (Å²) in [6.45, 7) is 5.45. The van der Waals surface area contributed by atoms with E-state index in [-0.39, 0.29) is 5.84 Å². The number of aromatic nitrogens is 1. The molecule has 3 unspecified atom stereocenters. The molecule has 0 spiro atoms. The van der Waals surface area contributed by atoms with Crippen LogP contribution in [0.4, 0.5) is 0 Å². The number of nitrogens with one attached hydrogen (secondary N) is 1. The van der Waals surface area contributed by atoms with Crippen LogP contribution in [0, 0.1) is 11.8 Å². The van der Waals surface area contributed by atoms with Gasteiger partial charge in [0.2, 0.25) is 0 Å². The first-order valence-electron chi connectivity index (χ1n) is 7.28. The molecular weight excluding hydrogens is 252 g/mol. The summed E-state index contributed by atoms with van der Waals surface area (Å²) in [6.07, 6.45) is 5.57. The molecule has 2 rings (SSSR count). The maximum atomic E-state index is 8.68. The lowest BCUT2D eigenvalue weighted by Crippen LogP contribution is -2.40. The van der Waals surface area contributed by atoms with Gasteiger partial charge in [0.25, 0.3) is 0 Å². The Morgan fingerprint density at radius 3 is 3.05 bits per heavy atom. The number of amidine groups is 1. The molecule has 0 radical (unpaired) electrons. The second kappa shape index (κ2) is 6.70. The Kier molecular flexibility index (Phi) is 4.95. The minimum atomic E-state index is 0.0477. The van der Waals surface area contributed by atoms with Crippen molar-refractivity contribution in [1.29, 1.82) is 0 Å². The number of pyridine rings is 1. The fourth-order valence-electron chi connectivity index (χ4n) is 2.89. The van der Waals surface area contributed by atoms with Crippen LogP contribution in [0.2, 0.25) is 0 Å². The Balaban J connectivity index is 1.97. The summed E-state index contributed by atoms with van der Waals surface area (Å²) in [6, 6.07) is 4.39. The number of nitrogens with two attached hydrogens (primary N) is 1. The van der Waals surface area contributed by atoms with E-state index in [1.165, 1.54) is 19.3 Å². The maximum Gasteiger partial charge on any atom is 0.188 e. The summed E-state index contributed by atoms with van der Waals surface area (Å²) < 4.78 is 0. The third-order valence-electron chi connectivity index (χ3n) is 4.47. The van der Waals surface area contributed by atoms with E-state index >= 15 is 0 Å². The third-order valence-corrected chi connectivity index (χ3v) is 4.47. The van der Waals surface area contributed by atoms with Gasteiger partial charge in [-0.2, -0.15) is 0 Å². The van der Waals surface area contributed by atoms with E-state index in [1.807, 2.05) is 12.1 Å². The van der Waals surface area contributed by atoms with Gasteiger partial charge >= 0.3 is 0 Å². The smallest absolute Gasteiger partial charge is 0.188 e. The molecule has 0 saturated heterocycles. The van der Waals surface area contributed by atoms with Crippen LogP contribution in [0.5, 0.6) is 0 Å². The average molecular weight is 276 g/mol. The zero-order valence-electron chi connectivity index (χ0n) is 12.2. The zero-order chi connectivity index (χ0) is 14.5. The molecule has 1 aromatic heterocycles. The van der Waals surface area contributed by atoms with Gasteiger partial charge in [-0.05, 0) is 36.0 Å². The number of rotatable bonds is 4. The largest absolute Gasteiger partial charge is 0.409 e. The van der Waals surface area contributed by atoms with Crippen molar-refractivity contribution in [3.8, 4) is 0 Å². The topological polar surface area (TPSA) is 83.5 Å². The molecule has 1 fully saturated rings. The van der Waals surface area contributed by atoms with Crippen LogP contribution in [0.3, 0.4) is 0 Å². The lowest BCUT2D eigenvalue weighted by molar-refractivity contribution is 0.206. The summed E-state index contributed by atoms with van der Waals surface area (Å²) >= 11 is 0. The van der Waals surface area contributed by atoms with Crippen LogP contribution in [-0.4, -0.2) is 22.1 Å². The highest BCUT2D eigenvalue weighted by molar-refractivity contribution is 5.95. The van der Waals surface area contributed by atoms with Crippen molar-refractivity contribution in [1.82, 2.24) is 10.3 Å². The van der Waals surface area contributed by atoms with Crippen molar-refractivity contribution < 1.29 is 5.21 Å². The van der Waals surface area contributed by atoms with Crippen LogP contribution in [0.15, 0.2) is 23.5 Å². The van der Waals surface area contributed by atoms with E-state index in [2.05, 4.69) is 29.3 Å². The number of hydrogen-bond donors (Lipinski definition) is 3. The molecule has 3 atom stereocenters. The van der Waals surface area contributed by atoms with Gasteiger partial charge in [-0.1, -0.05) is 31.8 Å². The Labute approximate surface area is 120 Å². The molecule has 20 heavy (non-hydrogen) atoms. The van der Waals surface area contributed by atoms with Crippen LogP contribution in [0.25, 0.3) is 0 Å². The minimum Gasteiger partial charge on any atom is -0.409 e. The summed E-state index contributed by atoms with van der Waals surface area (Å²) in [5.41, 5.74) is 7.17. The van der Waals surface area contributed by atoms with Crippen molar-refractivity contribution in [2.45, 2.75) is 45.7 Å². The van der Waals surface area contributed by atoms with Gasteiger partial charge < -0.3 is 16.3 Å². The SMILES string of the molecule is CC1CCCC(NCc2ccnc(C(N)=NO)c2)C1C. The standard InChI is InChI=1S/C15H24N4O/c1-10-4-3-5-13(11(10)2)18-9-12-6-7-17-14(8-12)15(16)19-20/h6-8,10-11,13,18,20H,3-5,9H2,1-2H3,(H2,16,19). The van der Waals surface area contributed by atoms with Crippen molar-refractivity contribution in [2.75, 3.05) is 0 Å². The van der Waals surface area contributed by atoms with Gasteiger partial charge in [0.05, 0.1) is 0 Å². The Morgan fingerprint density at radius 1 is 1.50 bits per heavy atom. The predicted molar refractivity (Wildman–Crippen MR) is 79.6 cm³/mol. The summed E-state index contributed by atoms with van der Waals surface area (Å²) in [5, 5.41) is 15.3. The van der Waals surface area contributed by atoms with Crippen LogP contribution in [-0.2, 0) is 6.54 Å². The normalized spacial score (nSPS) is 27.5. The fraction of sp³-hybridized carbons (Fsp3) is 0.600. The summed E-state index contributed by atoms with van der Waals surface area (Å²) in [4.78, 5) is 4.09. The first kappa shape index (κ1) is 14.8. The Hall–Kier alpha value is -1.62. The molecule has 0 bridgehead atoms. The molecule has 1 aromatic rings. The quantitative estimate of drug-likeness (QED) is 0.340. The Morgan fingerprint density at radius 2 is 2.30 bits per heavy atom. The van der Waals surface area contributed by atoms with E-state index in [4.69, 9.17) is 10.9 Å². The second-order valence-electron chi connectivity index (χ2n) is 5.79. The number of oxime groups is 1. The molecule has 110 valence electrons. The molecule has 0 aromatic carbocycles. The molecule has 5 heteroatoms. The average Bonchev–Trinajstić information content (AvgIpc) is 2.48. The first-order chi connectivity index (χ1) is 9.61. The highest BCUT2D eigenvalue weighted by atomic mass is 16.4. The molecule has 1 aliphatic rings. The number of nitrogens with zero attached hydrogens (tertiary/aromatic N) is 2. The van der Waals surface area contributed by atoms with Crippen LogP contribution < -0.4 is 11.1 Å². The molecule has 1 saturated carbocycles. The van der Waals surface area contributed by atoms with E-state index in [9.17, 15) is 0 Å². The van der Waals surface area contributed by atoms with Gasteiger partial charge in [0, 0.05) is 18.8 Å². The third kappa shape index (κ3) is 3.48. The van der Waals surface area contributed by atoms with Crippen molar-refractivity contribution in [3.05, 3.63) is 29.6 Å². The van der Waals surface area contributed by atoms with E-state index in [0.29, 0.717) is 17.7 Å². The van der Waals surface area contributed by atoms with Crippen LogP contribution in [0.1, 0.15) is 44.4 Å². The molecule has 1 heterocycles. The Bertz CT molecular complexity index is 475. The van der Waals surface area contributed by atoms with Gasteiger partial charge in [-0.3, -0.25) is 4.98 Å². The highest BCUT2D eigenvalue weighted by Crippen LogP contribution is 2.29. The zero-order valence-corrected chi connectivity index (χ0v) is 12.2. The van der Waals surface area contributed by atoms with Crippen molar-refractivity contribution in [3.63, 3.8) is 0 Å². The lowest BCUT2D eigenvalue weighted by Gasteiger charge is -2.34. The summed E-state index contributed by atoms with van der Waals surface area (Å²) in [5.74, 6) is 1.53. The van der Waals surface area contributed by atoms with Gasteiger partial charge in [-0.25, -0.2) is 0 Å². The molecular formula is C15H24N4O. The predicted octanol–water partition coefficient (Wildman–Crippen LogP) is 2.09. The van der Waals surface area contributed by atoms with Crippen LogP contribution >= 0.6 is 0 Å². The molecule has 0 aliphatic heterocycles. The number of hydrogen-bond acceptors (Lipinski definition) is 4. The van der Waals surface area contributed by atoms with Crippen molar-refractivity contribution in [2.24, 2.45) is 22.7 Å². The molecule has 1 aliphatic carbocycles. The minimum absolute atomic E-state index is 0.0477. The molecule has 5 nitrogen and oxygen atoms in total. The summed E-state index contributed by atoms with van der Waals surface area (Å²) in [7, 11) is 0. The molecule has 4 N–H and O–H groups in total. The maximum absolute atomic E-state index is 8.68. The molecule has 0 amide bonds. The lowest BCUT2D eigenvalue weighted by atomic mass is 9.78. The second-order valence-corrected chi connectivity index (χ2v) is 5.79. The van der Waals surface area contributed by atoms with Gasteiger partial charge in [0.1, 0.15) is 5.69 Å². The fourth-order valence-corrected chi connectivity index (χ4v) is 2.89. The monoisotopic (exact) mass is 276 g/mol. The van der Waals surface area contributed by atoms with E-state index < -0.39 is 0 Å². The van der Waals surface area contributed by atoms with Crippen molar-refractivity contribution >= 4 is 5.84 Å². The van der Waals surface area contributed by atoms with Gasteiger partial charge in [-0.15, -0.1) is 0 Å². The van der Waals surface area contributed by atoms with E-state index in [0.717, 1.165) is 18.0 Å². The first-order valence-corrected chi connectivity index (χ1v) is 7.28.